The molecule has 6 nitrogen and oxygen atoms in total. The maximum atomic E-state index is 12.7. The molecule has 23 heavy (non-hydrogen) atoms. The van der Waals surface area contributed by atoms with E-state index in [1.807, 2.05) is 31.6 Å². The monoisotopic (exact) mass is 317 g/mol. The molecule has 124 valence electrons. The number of hydrogen-bond acceptors (Lipinski definition) is 4. The van der Waals surface area contributed by atoms with Gasteiger partial charge in [-0.2, -0.15) is 5.10 Å². The number of methoxy groups -OCH3 is 2. The Morgan fingerprint density at radius 1 is 1.30 bits per heavy atom. The van der Waals surface area contributed by atoms with Crippen LogP contribution in [0.4, 0.5) is 0 Å². The van der Waals surface area contributed by atoms with E-state index >= 15 is 0 Å². The van der Waals surface area contributed by atoms with E-state index in [9.17, 15) is 4.79 Å². The predicted octanol–water partition coefficient (Wildman–Crippen LogP) is 2.72. The normalized spacial score (nSPS) is 11.9. The molecular formula is C17H23N3O3. The molecule has 0 spiro atoms. The van der Waals surface area contributed by atoms with Crippen molar-refractivity contribution in [3.63, 3.8) is 0 Å². The maximum Gasteiger partial charge on any atom is 0.259 e. The van der Waals surface area contributed by atoms with Crippen LogP contribution in [0, 0.1) is 6.92 Å². The minimum Gasteiger partial charge on any atom is -0.496 e. The molecule has 2 rings (SSSR count). The van der Waals surface area contributed by atoms with Crippen molar-refractivity contribution < 1.29 is 14.3 Å². The molecule has 1 N–H and O–H groups in total. The van der Waals surface area contributed by atoms with Crippen LogP contribution in [0.5, 0.6) is 11.5 Å². The molecule has 6 heteroatoms. The van der Waals surface area contributed by atoms with Gasteiger partial charge in [-0.25, -0.2) is 0 Å². The molecular weight excluding hydrogens is 294 g/mol. The highest BCUT2D eigenvalue weighted by molar-refractivity contribution is 5.99. The fourth-order valence-electron chi connectivity index (χ4n) is 2.54. The SMILES string of the molecule is CCn1cc(C(C)NC(=O)c2c(OC)cccc2OC)c(C)n1. The molecule has 0 aliphatic rings. The number of amides is 1. The van der Waals surface area contributed by atoms with Gasteiger partial charge in [-0.1, -0.05) is 6.07 Å². The lowest BCUT2D eigenvalue weighted by Gasteiger charge is -2.16. The molecule has 0 fully saturated rings. The van der Waals surface area contributed by atoms with Crippen molar-refractivity contribution in [3.8, 4) is 11.5 Å². The van der Waals surface area contributed by atoms with Gasteiger partial charge < -0.3 is 14.8 Å². The van der Waals surface area contributed by atoms with Crippen LogP contribution in [0.1, 0.15) is 41.5 Å². The highest BCUT2D eigenvalue weighted by Crippen LogP contribution is 2.29. The van der Waals surface area contributed by atoms with Gasteiger partial charge in [0.1, 0.15) is 17.1 Å². The molecule has 0 bridgehead atoms. The Balaban J connectivity index is 2.26. The highest BCUT2D eigenvalue weighted by Gasteiger charge is 2.21. The summed E-state index contributed by atoms with van der Waals surface area (Å²) in [7, 11) is 3.06. The Labute approximate surface area is 136 Å². The molecule has 1 amide bonds. The van der Waals surface area contributed by atoms with Gasteiger partial charge in [0.25, 0.3) is 5.91 Å². The third-order valence-corrected chi connectivity index (χ3v) is 3.78. The number of aromatic nitrogens is 2. The molecule has 0 saturated carbocycles. The zero-order valence-electron chi connectivity index (χ0n) is 14.2. The first-order valence-corrected chi connectivity index (χ1v) is 7.57. The minimum atomic E-state index is -0.240. The summed E-state index contributed by atoms with van der Waals surface area (Å²) in [6.45, 7) is 6.69. The summed E-state index contributed by atoms with van der Waals surface area (Å²) in [6.07, 6.45) is 1.96. The number of nitrogens with zero attached hydrogens (tertiary/aromatic N) is 2. The average molecular weight is 317 g/mol. The van der Waals surface area contributed by atoms with Crippen LogP contribution in [-0.2, 0) is 6.54 Å². The smallest absolute Gasteiger partial charge is 0.259 e. The second-order valence-corrected chi connectivity index (χ2v) is 5.26. The lowest BCUT2D eigenvalue weighted by molar-refractivity contribution is 0.0933. The van der Waals surface area contributed by atoms with Crippen molar-refractivity contribution in [1.29, 1.82) is 0 Å². The molecule has 1 atom stereocenters. The quantitative estimate of drug-likeness (QED) is 0.889. The van der Waals surface area contributed by atoms with Crippen molar-refractivity contribution in [2.75, 3.05) is 14.2 Å². The van der Waals surface area contributed by atoms with Crippen LogP contribution >= 0.6 is 0 Å². The number of nitrogens with one attached hydrogen (secondary N) is 1. The average Bonchev–Trinajstić information content (AvgIpc) is 2.94. The minimum absolute atomic E-state index is 0.169. The standard InChI is InChI=1S/C17H23N3O3/c1-6-20-10-13(12(3)19-20)11(2)18-17(21)16-14(22-4)8-7-9-15(16)23-5/h7-11H,6H2,1-5H3,(H,18,21). The van der Waals surface area contributed by atoms with Crippen molar-refractivity contribution in [3.05, 3.63) is 41.2 Å². The molecule has 1 heterocycles. The molecule has 2 aromatic rings. The zero-order valence-corrected chi connectivity index (χ0v) is 14.2. The van der Waals surface area contributed by atoms with Crippen LogP contribution in [0.15, 0.2) is 24.4 Å². The second-order valence-electron chi connectivity index (χ2n) is 5.26. The van der Waals surface area contributed by atoms with Gasteiger partial charge in [0.15, 0.2) is 0 Å². The van der Waals surface area contributed by atoms with Crippen LogP contribution in [0.25, 0.3) is 0 Å². The summed E-state index contributed by atoms with van der Waals surface area (Å²) in [5.41, 5.74) is 2.30. The van der Waals surface area contributed by atoms with E-state index in [0.29, 0.717) is 17.1 Å². The topological polar surface area (TPSA) is 65.4 Å². The van der Waals surface area contributed by atoms with Crippen molar-refractivity contribution in [1.82, 2.24) is 15.1 Å². The second kappa shape index (κ2) is 7.17. The van der Waals surface area contributed by atoms with Gasteiger partial charge in [-0.15, -0.1) is 0 Å². The van der Waals surface area contributed by atoms with Crippen LogP contribution in [0.3, 0.4) is 0 Å². The van der Waals surface area contributed by atoms with Crippen molar-refractivity contribution in [2.24, 2.45) is 0 Å². The molecule has 1 unspecified atom stereocenters. The lowest BCUT2D eigenvalue weighted by atomic mass is 10.1. The first kappa shape index (κ1) is 16.9. The summed E-state index contributed by atoms with van der Waals surface area (Å²) in [4.78, 5) is 12.7. The Morgan fingerprint density at radius 2 is 1.91 bits per heavy atom. The van der Waals surface area contributed by atoms with E-state index in [0.717, 1.165) is 17.8 Å². The predicted molar refractivity (Wildman–Crippen MR) is 88.1 cm³/mol. The number of carbonyl (C=O) groups is 1. The molecule has 0 aliphatic carbocycles. The number of rotatable bonds is 6. The Kier molecular flexibility index (Phi) is 5.26. The van der Waals surface area contributed by atoms with Crippen LogP contribution in [0.2, 0.25) is 0 Å². The van der Waals surface area contributed by atoms with Gasteiger partial charge in [0, 0.05) is 18.3 Å². The first-order valence-electron chi connectivity index (χ1n) is 7.57. The third-order valence-electron chi connectivity index (χ3n) is 3.78. The number of carbonyl (C=O) groups excluding carboxylic acids is 1. The fourth-order valence-corrected chi connectivity index (χ4v) is 2.54. The Hall–Kier alpha value is -2.50. The van der Waals surface area contributed by atoms with Crippen molar-refractivity contribution in [2.45, 2.75) is 33.4 Å². The first-order chi connectivity index (χ1) is 11.0. The Morgan fingerprint density at radius 3 is 2.39 bits per heavy atom. The van der Waals surface area contributed by atoms with E-state index in [1.165, 1.54) is 14.2 Å². The largest absolute Gasteiger partial charge is 0.496 e. The summed E-state index contributed by atoms with van der Waals surface area (Å²) in [5, 5.41) is 7.40. The lowest BCUT2D eigenvalue weighted by Crippen LogP contribution is -2.27. The van der Waals surface area contributed by atoms with Gasteiger partial charge in [-0.05, 0) is 32.9 Å². The van der Waals surface area contributed by atoms with Gasteiger partial charge in [0.05, 0.1) is 26.0 Å². The maximum absolute atomic E-state index is 12.7. The molecule has 0 saturated heterocycles. The number of hydrogen-bond donors (Lipinski definition) is 1. The third kappa shape index (κ3) is 3.47. The van der Waals surface area contributed by atoms with E-state index in [4.69, 9.17) is 9.47 Å². The number of aryl methyl sites for hydroxylation is 2. The fraction of sp³-hybridized carbons (Fsp3) is 0.412. The van der Waals surface area contributed by atoms with E-state index in [1.54, 1.807) is 18.2 Å². The molecule has 0 radical (unpaired) electrons. The van der Waals surface area contributed by atoms with E-state index in [-0.39, 0.29) is 11.9 Å². The van der Waals surface area contributed by atoms with Gasteiger partial charge in [-0.3, -0.25) is 9.48 Å². The van der Waals surface area contributed by atoms with E-state index in [2.05, 4.69) is 10.4 Å². The summed E-state index contributed by atoms with van der Waals surface area (Å²) < 4.78 is 12.4. The van der Waals surface area contributed by atoms with E-state index < -0.39 is 0 Å². The Bertz CT molecular complexity index is 672. The van der Waals surface area contributed by atoms with Gasteiger partial charge >= 0.3 is 0 Å². The zero-order chi connectivity index (χ0) is 17.0. The van der Waals surface area contributed by atoms with Crippen LogP contribution < -0.4 is 14.8 Å². The number of benzene rings is 1. The van der Waals surface area contributed by atoms with Crippen molar-refractivity contribution >= 4 is 5.91 Å². The molecule has 0 aliphatic heterocycles. The molecule has 1 aromatic heterocycles. The summed E-state index contributed by atoms with van der Waals surface area (Å²) >= 11 is 0. The summed E-state index contributed by atoms with van der Waals surface area (Å²) in [6, 6.07) is 5.09. The number of ether oxygens (including phenoxy) is 2. The molecule has 1 aromatic carbocycles. The van der Waals surface area contributed by atoms with Crippen LogP contribution in [-0.4, -0.2) is 29.9 Å². The van der Waals surface area contributed by atoms with Gasteiger partial charge in [0.2, 0.25) is 0 Å². The summed E-state index contributed by atoms with van der Waals surface area (Å²) in [5.74, 6) is 0.723. The highest BCUT2D eigenvalue weighted by atomic mass is 16.5.